The zero-order valence-corrected chi connectivity index (χ0v) is 26.5. The minimum atomic E-state index is -1.53. The Labute approximate surface area is 268 Å². The number of unbranched alkanes of at least 4 members (excludes halogenated alkanes) is 9. The lowest BCUT2D eigenvalue weighted by molar-refractivity contribution is -0.253. The molecule has 1 unspecified atom stereocenters. The van der Waals surface area contributed by atoms with Crippen molar-refractivity contribution >= 4 is 35.5 Å². The van der Waals surface area contributed by atoms with Gasteiger partial charge < -0.3 is 56.5 Å². The van der Waals surface area contributed by atoms with Crippen LogP contribution in [0.25, 0.3) is 0 Å². The van der Waals surface area contributed by atoms with E-state index in [1.165, 1.54) is 7.11 Å². The Hall–Kier alpha value is -3.38. The van der Waals surface area contributed by atoms with Gasteiger partial charge in [0.15, 0.2) is 6.29 Å². The molecule has 1 aliphatic heterocycles. The van der Waals surface area contributed by atoms with Crippen molar-refractivity contribution in [3.63, 3.8) is 0 Å². The molecular weight excluding hydrogens is 610 g/mol. The average Bonchev–Trinajstić information content (AvgIpc) is 3.04. The highest BCUT2D eigenvalue weighted by Crippen LogP contribution is 2.20. The summed E-state index contributed by atoms with van der Waals surface area (Å²) in [7, 11) is 1.18. The van der Waals surface area contributed by atoms with Gasteiger partial charge in [-0.2, -0.15) is 0 Å². The van der Waals surface area contributed by atoms with E-state index in [0.717, 1.165) is 51.4 Å². The predicted octanol–water partition coefficient (Wildman–Crippen LogP) is -2.78. The highest BCUT2D eigenvalue weighted by Gasteiger charge is 2.44. The number of carbonyl (C=O) groups is 6. The smallest absolute Gasteiger partial charge is 0.325 e. The molecule has 1 heterocycles. The molecule has 5 atom stereocenters. The second kappa shape index (κ2) is 23.9. The Kier molecular flexibility index (Phi) is 21.1. The van der Waals surface area contributed by atoms with Crippen LogP contribution >= 0.6 is 0 Å². The molecule has 0 saturated carbocycles. The Morgan fingerprint density at radius 2 is 1.00 bits per heavy atom. The van der Waals surface area contributed by atoms with Crippen molar-refractivity contribution < 1.29 is 58.7 Å². The first-order valence-corrected chi connectivity index (χ1v) is 15.7. The number of aliphatic hydroxyl groups excluding tert-OH is 4. The van der Waals surface area contributed by atoms with E-state index in [4.69, 9.17) is 9.84 Å². The van der Waals surface area contributed by atoms with Gasteiger partial charge in [0, 0.05) is 12.8 Å². The van der Waals surface area contributed by atoms with Gasteiger partial charge in [0.2, 0.25) is 29.5 Å². The third kappa shape index (κ3) is 17.9. The van der Waals surface area contributed by atoms with Crippen LogP contribution in [0, 0.1) is 0 Å². The van der Waals surface area contributed by atoms with Crippen LogP contribution in [0.4, 0.5) is 0 Å². The van der Waals surface area contributed by atoms with Gasteiger partial charge in [-0.15, -0.1) is 0 Å². The minimum absolute atomic E-state index is 0.216. The van der Waals surface area contributed by atoms with Crippen LogP contribution in [0.2, 0.25) is 0 Å². The molecule has 0 bridgehead atoms. The van der Waals surface area contributed by atoms with Crippen molar-refractivity contribution in [1.82, 2.24) is 26.6 Å². The maximum absolute atomic E-state index is 12.2. The zero-order chi connectivity index (χ0) is 34.3. The summed E-state index contributed by atoms with van der Waals surface area (Å²) in [5.41, 5.74) is 0. The molecule has 17 heteroatoms. The zero-order valence-electron chi connectivity index (χ0n) is 26.5. The molecule has 0 aromatic rings. The fourth-order valence-corrected chi connectivity index (χ4v) is 4.55. The van der Waals surface area contributed by atoms with Gasteiger partial charge in [-0.25, -0.2) is 0 Å². The van der Waals surface area contributed by atoms with E-state index in [9.17, 15) is 44.1 Å². The SMILES string of the molecule is COC(=O)CNC(=O)CNC(=O)CNC(=O)CNC(=O)CCCCCCCCCCCCC(=O)N[C@H]1C(O)O[C@H](CO)[C@@H](O)[C@@H]1O. The Morgan fingerprint density at radius 3 is 1.46 bits per heavy atom. The van der Waals surface area contributed by atoms with Crippen molar-refractivity contribution in [1.29, 1.82) is 0 Å². The van der Waals surface area contributed by atoms with E-state index < -0.39 is 60.9 Å². The quantitative estimate of drug-likeness (QED) is 0.0398. The van der Waals surface area contributed by atoms with Gasteiger partial charge in [-0.05, 0) is 12.8 Å². The molecule has 1 fully saturated rings. The summed E-state index contributed by atoms with van der Waals surface area (Å²) in [5.74, 6) is -3.00. The molecule has 1 aliphatic rings. The standard InChI is InChI=1S/C29H51N5O12/c1-45-25(41)17-33-24(40)16-32-23(39)15-31-22(38)14-30-20(36)12-10-8-6-4-2-3-5-7-9-11-13-21(37)34-26-28(43)27(42)19(18-35)46-29(26)44/h19,26-29,35,42-44H,2-18H2,1H3,(H,30,36)(H,31,38)(H,32,39)(H,33,40)(H,34,37)/t19-,26-,27-,28-,29?/m1/s1. The Bertz CT molecular complexity index is 969. The molecule has 5 amide bonds. The van der Waals surface area contributed by atoms with Crippen LogP contribution in [0.5, 0.6) is 0 Å². The maximum Gasteiger partial charge on any atom is 0.325 e. The van der Waals surface area contributed by atoms with E-state index in [1.54, 1.807) is 0 Å². The third-order valence-corrected chi connectivity index (χ3v) is 7.28. The molecule has 0 radical (unpaired) electrons. The molecule has 9 N–H and O–H groups in total. The van der Waals surface area contributed by atoms with Crippen LogP contribution in [-0.2, 0) is 38.2 Å². The van der Waals surface area contributed by atoms with Gasteiger partial charge >= 0.3 is 5.97 Å². The number of methoxy groups -OCH3 is 1. The number of aliphatic hydroxyl groups is 4. The second-order valence-corrected chi connectivity index (χ2v) is 11.0. The molecule has 46 heavy (non-hydrogen) atoms. The molecule has 1 saturated heterocycles. The predicted molar refractivity (Wildman–Crippen MR) is 161 cm³/mol. The van der Waals surface area contributed by atoms with Crippen molar-refractivity contribution in [2.24, 2.45) is 0 Å². The van der Waals surface area contributed by atoms with Crippen molar-refractivity contribution in [3.05, 3.63) is 0 Å². The number of hydrogen-bond acceptors (Lipinski definition) is 12. The van der Waals surface area contributed by atoms with Crippen LogP contribution in [0.3, 0.4) is 0 Å². The Balaban J connectivity index is 1.95. The number of nitrogens with one attached hydrogen (secondary N) is 5. The molecule has 264 valence electrons. The Morgan fingerprint density at radius 1 is 0.587 bits per heavy atom. The lowest BCUT2D eigenvalue weighted by atomic mass is 9.97. The molecular formula is C29H51N5O12. The number of carbonyl (C=O) groups excluding carboxylic acids is 6. The minimum Gasteiger partial charge on any atom is -0.468 e. The van der Waals surface area contributed by atoms with E-state index in [2.05, 4.69) is 31.3 Å². The van der Waals surface area contributed by atoms with Crippen molar-refractivity contribution in [3.8, 4) is 0 Å². The second-order valence-electron chi connectivity index (χ2n) is 11.0. The number of hydrogen-bond donors (Lipinski definition) is 9. The van der Waals surface area contributed by atoms with Gasteiger partial charge in [0.05, 0.1) is 33.4 Å². The topological polar surface area (TPSA) is 262 Å². The largest absolute Gasteiger partial charge is 0.468 e. The fourth-order valence-electron chi connectivity index (χ4n) is 4.55. The first kappa shape index (κ1) is 40.6. The van der Waals surface area contributed by atoms with E-state index >= 15 is 0 Å². The number of rotatable bonds is 23. The first-order valence-electron chi connectivity index (χ1n) is 15.7. The third-order valence-electron chi connectivity index (χ3n) is 7.28. The van der Waals surface area contributed by atoms with Crippen LogP contribution < -0.4 is 26.6 Å². The molecule has 1 rings (SSSR count). The molecule has 0 aromatic carbocycles. The van der Waals surface area contributed by atoms with Crippen molar-refractivity contribution in [2.75, 3.05) is 39.9 Å². The van der Waals surface area contributed by atoms with E-state index in [1.807, 2.05) is 0 Å². The van der Waals surface area contributed by atoms with Crippen LogP contribution in [0.15, 0.2) is 0 Å². The molecule has 0 spiro atoms. The number of esters is 1. The fraction of sp³-hybridized carbons (Fsp3) is 0.793. The summed E-state index contributed by atoms with van der Waals surface area (Å²) in [6.07, 6.45) is 4.21. The maximum atomic E-state index is 12.2. The first-order chi connectivity index (χ1) is 22.0. The summed E-state index contributed by atoms with van der Waals surface area (Å²) in [5, 5.41) is 50.9. The highest BCUT2D eigenvalue weighted by atomic mass is 16.6. The summed E-state index contributed by atoms with van der Waals surface area (Å²) in [6, 6.07) is -1.17. The summed E-state index contributed by atoms with van der Waals surface area (Å²) in [6.45, 7) is -1.90. The molecule has 0 aliphatic carbocycles. The monoisotopic (exact) mass is 661 g/mol. The molecule has 17 nitrogen and oxygen atoms in total. The van der Waals surface area contributed by atoms with Gasteiger partial charge in [0.25, 0.3) is 0 Å². The van der Waals surface area contributed by atoms with E-state index in [0.29, 0.717) is 12.8 Å². The van der Waals surface area contributed by atoms with Gasteiger partial charge in [-0.1, -0.05) is 51.4 Å². The molecule has 0 aromatic heterocycles. The van der Waals surface area contributed by atoms with E-state index in [-0.39, 0.29) is 50.8 Å². The van der Waals surface area contributed by atoms with Gasteiger partial charge in [-0.3, -0.25) is 28.8 Å². The summed E-state index contributed by atoms with van der Waals surface area (Å²) < 4.78 is 9.40. The lowest BCUT2D eigenvalue weighted by Crippen LogP contribution is -2.64. The van der Waals surface area contributed by atoms with Crippen LogP contribution in [0.1, 0.15) is 77.0 Å². The highest BCUT2D eigenvalue weighted by molar-refractivity contribution is 5.90. The van der Waals surface area contributed by atoms with Crippen molar-refractivity contribution in [2.45, 2.75) is 108 Å². The number of ether oxygens (including phenoxy) is 2. The van der Waals surface area contributed by atoms with Crippen LogP contribution in [-0.4, -0.2) is 126 Å². The lowest BCUT2D eigenvalue weighted by Gasteiger charge is -2.40. The normalized spacial score (nSPS) is 20.7. The summed E-state index contributed by atoms with van der Waals surface area (Å²) in [4.78, 5) is 70.1. The van der Waals surface area contributed by atoms with Gasteiger partial charge in [0.1, 0.15) is 30.9 Å². The summed E-state index contributed by atoms with van der Waals surface area (Å²) >= 11 is 0. The average molecular weight is 662 g/mol. The number of amides is 5.